The molecule has 3 rings (SSSR count). The van der Waals surface area contributed by atoms with Crippen LogP contribution in [0.1, 0.15) is 31.1 Å². The third-order valence-electron chi connectivity index (χ3n) is 4.49. The van der Waals surface area contributed by atoms with Crippen molar-refractivity contribution in [3.05, 3.63) is 48.4 Å². The summed E-state index contributed by atoms with van der Waals surface area (Å²) in [6, 6.07) is 11.0. The van der Waals surface area contributed by atoms with Gasteiger partial charge in [-0.05, 0) is 50.2 Å². The number of urea groups is 1. The average molecular weight is 343 g/mol. The SMILES string of the molecule is COc1cccc(NC(=O)NCC(c2ccco2)N2CCCCC2)c1. The summed E-state index contributed by atoms with van der Waals surface area (Å²) in [4.78, 5) is 14.6. The van der Waals surface area contributed by atoms with Crippen LogP contribution in [-0.2, 0) is 0 Å². The van der Waals surface area contributed by atoms with Crippen LogP contribution < -0.4 is 15.4 Å². The summed E-state index contributed by atoms with van der Waals surface area (Å²) in [7, 11) is 1.60. The highest BCUT2D eigenvalue weighted by atomic mass is 16.5. The summed E-state index contributed by atoms with van der Waals surface area (Å²) in [5.41, 5.74) is 0.698. The number of nitrogens with zero attached hydrogens (tertiary/aromatic N) is 1. The molecule has 1 aliphatic heterocycles. The van der Waals surface area contributed by atoms with E-state index in [0.29, 0.717) is 18.0 Å². The molecule has 1 aliphatic rings. The minimum Gasteiger partial charge on any atom is -0.497 e. The summed E-state index contributed by atoms with van der Waals surface area (Å²) < 4.78 is 10.8. The second kappa shape index (κ2) is 8.58. The number of furan rings is 1. The van der Waals surface area contributed by atoms with Crippen LogP contribution >= 0.6 is 0 Å². The first kappa shape index (κ1) is 17.4. The minimum atomic E-state index is -0.234. The van der Waals surface area contributed by atoms with Crippen molar-refractivity contribution in [2.75, 3.05) is 32.1 Å². The van der Waals surface area contributed by atoms with Gasteiger partial charge in [0.15, 0.2) is 0 Å². The number of piperidine rings is 1. The Hall–Kier alpha value is -2.47. The Balaban J connectivity index is 1.59. The Kier molecular flexibility index (Phi) is 5.95. The fourth-order valence-electron chi connectivity index (χ4n) is 3.19. The number of methoxy groups -OCH3 is 1. The van der Waals surface area contributed by atoms with Gasteiger partial charge in [0.2, 0.25) is 0 Å². The summed E-state index contributed by atoms with van der Waals surface area (Å²) in [5, 5.41) is 5.80. The van der Waals surface area contributed by atoms with Gasteiger partial charge in [-0.2, -0.15) is 0 Å². The summed E-state index contributed by atoms with van der Waals surface area (Å²) >= 11 is 0. The molecule has 0 bridgehead atoms. The Bertz CT molecular complexity index is 666. The Morgan fingerprint density at radius 2 is 2.08 bits per heavy atom. The molecule has 0 spiro atoms. The highest BCUT2D eigenvalue weighted by molar-refractivity contribution is 5.89. The molecule has 1 aromatic carbocycles. The van der Waals surface area contributed by atoms with E-state index in [-0.39, 0.29) is 12.1 Å². The predicted octanol–water partition coefficient (Wildman–Crippen LogP) is 3.64. The molecule has 6 heteroatoms. The van der Waals surface area contributed by atoms with Crippen molar-refractivity contribution in [2.45, 2.75) is 25.3 Å². The molecular formula is C19H25N3O3. The fourth-order valence-corrected chi connectivity index (χ4v) is 3.19. The number of nitrogens with one attached hydrogen (secondary N) is 2. The van der Waals surface area contributed by atoms with E-state index in [9.17, 15) is 4.79 Å². The van der Waals surface area contributed by atoms with Crippen molar-refractivity contribution >= 4 is 11.7 Å². The molecular weight excluding hydrogens is 318 g/mol. The zero-order chi connectivity index (χ0) is 17.5. The lowest BCUT2D eigenvalue weighted by Gasteiger charge is -2.33. The van der Waals surface area contributed by atoms with Crippen molar-refractivity contribution in [1.82, 2.24) is 10.2 Å². The zero-order valence-electron chi connectivity index (χ0n) is 14.5. The maximum Gasteiger partial charge on any atom is 0.319 e. The van der Waals surface area contributed by atoms with E-state index in [2.05, 4.69) is 15.5 Å². The molecule has 6 nitrogen and oxygen atoms in total. The van der Waals surface area contributed by atoms with Gasteiger partial charge in [-0.1, -0.05) is 12.5 Å². The molecule has 1 aromatic heterocycles. The van der Waals surface area contributed by atoms with Gasteiger partial charge in [0.1, 0.15) is 11.5 Å². The third kappa shape index (κ3) is 4.76. The molecule has 1 fully saturated rings. The third-order valence-corrected chi connectivity index (χ3v) is 4.49. The molecule has 2 N–H and O–H groups in total. The number of hydrogen-bond acceptors (Lipinski definition) is 4. The summed E-state index contributed by atoms with van der Waals surface area (Å²) in [6.07, 6.45) is 5.33. The lowest BCUT2D eigenvalue weighted by atomic mass is 10.1. The van der Waals surface area contributed by atoms with Crippen LogP contribution in [0.5, 0.6) is 5.75 Å². The van der Waals surface area contributed by atoms with E-state index in [1.807, 2.05) is 30.3 Å². The molecule has 0 saturated carbocycles. The van der Waals surface area contributed by atoms with Crippen molar-refractivity contribution in [3.63, 3.8) is 0 Å². The van der Waals surface area contributed by atoms with Crippen molar-refractivity contribution in [1.29, 1.82) is 0 Å². The largest absolute Gasteiger partial charge is 0.497 e. The van der Waals surface area contributed by atoms with Crippen LogP contribution in [0.4, 0.5) is 10.5 Å². The average Bonchev–Trinajstić information content (AvgIpc) is 3.17. The molecule has 134 valence electrons. The molecule has 1 unspecified atom stereocenters. The first-order valence-corrected chi connectivity index (χ1v) is 8.72. The topological polar surface area (TPSA) is 66.7 Å². The number of anilines is 1. The number of rotatable bonds is 6. The molecule has 25 heavy (non-hydrogen) atoms. The maximum atomic E-state index is 12.3. The number of likely N-dealkylation sites (tertiary alicyclic amines) is 1. The number of amides is 2. The van der Waals surface area contributed by atoms with Crippen LogP contribution in [0, 0.1) is 0 Å². The zero-order valence-corrected chi connectivity index (χ0v) is 14.5. The molecule has 2 amide bonds. The standard InChI is InChI=1S/C19H25N3O3/c1-24-16-8-5-7-15(13-16)21-19(23)20-14-17(18-9-6-12-25-18)22-10-3-2-4-11-22/h5-9,12-13,17H,2-4,10-11,14H2,1H3,(H2,20,21,23). The van der Waals surface area contributed by atoms with Crippen LogP contribution in [0.25, 0.3) is 0 Å². The normalized spacial score (nSPS) is 16.2. The Labute approximate surface area is 148 Å². The van der Waals surface area contributed by atoms with Gasteiger partial charge in [-0.15, -0.1) is 0 Å². The summed E-state index contributed by atoms with van der Waals surface area (Å²) in [5.74, 6) is 1.60. The number of ether oxygens (including phenoxy) is 1. The van der Waals surface area contributed by atoms with Gasteiger partial charge in [0, 0.05) is 18.3 Å². The van der Waals surface area contributed by atoms with E-state index in [4.69, 9.17) is 9.15 Å². The van der Waals surface area contributed by atoms with Gasteiger partial charge >= 0.3 is 6.03 Å². The molecule has 0 radical (unpaired) electrons. The van der Waals surface area contributed by atoms with Crippen molar-refractivity contribution < 1.29 is 13.9 Å². The molecule has 1 atom stereocenters. The Morgan fingerprint density at radius 3 is 2.80 bits per heavy atom. The predicted molar refractivity (Wildman–Crippen MR) is 96.9 cm³/mol. The van der Waals surface area contributed by atoms with Gasteiger partial charge in [-0.3, -0.25) is 4.90 Å². The van der Waals surface area contributed by atoms with E-state index in [1.165, 1.54) is 19.3 Å². The van der Waals surface area contributed by atoms with E-state index in [0.717, 1.165) is 18.8 Å². The van der Waals surface area contributed by atoms with Crippen LogP contribution in [0.3, 0.4) is 0 Å². The maximum absolute atomic E-state index is 12.3. The monoisotopic (exact) mass is 343 g/mol. The number of carbonyl (C=O) groups is 1. The number of benzene rings is 1. The lowest BCUT2D eigenvalue weighted by molar-refractivity contribution is 0.144. The highest BCUT2D eigenvalue weighted by Crippen LogP contribution is 2.24. The van der Waals surface area contributed by atoms with E-state index < -0.39 is 0 Å². The quantitative estimate of drug-likeness (QED) is 0.840. The van der Waals surface area contributed by atoms with Gasteiger partial charge < -0.3 is 19.8 Å². The van der Waals surface area contributed by atoms with Gasteiger partial charge in [0.25, 0.3) is 0 Å². The second-order valence-corrected chi connectivity index (χ2v) is 6.19. The summed E-state index contributed by atoms with van der Waals surface area (Å²) in [6.45, 7) is 2.57. The molecule has 1 saturated heterocycles. The fraction of sp³-hybridized carbons (Fsp3) is 0.421. The second-order valence-electron chi connectivity index (χ2n) is 6.19. The minimum absolute atomic E-state index is 0.0614. The van der Waals surface area contributed by atoms with Crippen molar-refractivity contribution in [3.8, 4) is 5.75 Å². The smallest absolute Gasteiger partial charge is 0.319 e. The van der Waals surface area contributed by atoms with E-state index in [1.54, 1.807) is 19.4 Å². The van der Waals surface area contributed by atoms with Crippen molar-refractivity contribution in [2.24, 2.45) is 0 Å². The van der Waals surface area contributed by atoms with Crippen LogP contribution in [-0.4, -0.2) is 37.7 Å². The molecule has 0 aliphatic carbocycles. The number of hydrogen-bond donors (Lipinski definition) is 2. The molecule has 2 heterocycles. The number of carbonyl (C=O) groups excluding carboxylic acids is 1. The van der Waals surface area contributed by atoms with Gasteiger partial charge in [0.05, 0.1) is 19.4 Å². The first-order valence-electron chi connectivity index (χ1n) is 8.72. The van der Waals surface area contributed by atoms with Crippen LogP contribution in [0.2, 0.25) is 0 Å². The molecule has 2 aromatic rings. The first-order chi connectivity index (χ1) is 12.3. The Morgan fingerprint density at radius 1 is 1.24 bits per heavy atom. The highest BCUT2D eigenvalue weighted by Gasteiger charge is 2.24. The van der Waals surface area contributed by atoms with E-state index >= 15 is 0 Å². The van der Waals surface area contributed by atoms with Crippen LogP contribution in [0.15, 0.2) is 47.1 Å². The lowest BCUT2D eigenvalue weighted by Crippen LogP contribution is -2.41. The van der Waals surface area contributed by atoms with Gasteiger partial charge in [-0.25, -0.2) is 4.79 Å².